The van der Waals surface area contributed by atoms with E-state index in [1.807, 2.05) is 6.07 Å². The maximum Gasteiger partial charge on any atom is 0.416 e. The highest BCUT2D eigenvalue weighted by Gasteiger charge is 2.30. The number of carbonyl (C=O) groups excluding carboxylic acids is 1. The average molecular weight is 562 g/mol. The van der Waals surface area contributed by atoms with Gasteiger partial charge in [-0.25, -0.2) is 0 Å². The number of amides is 1. The van der Waals surface area contributed by atoms with Crippen molar-refractivity contribution < 1.29 is 26.8 Å². The molecule has 200 valence electrons. The summed E-state index contributed by atoms with van der Waals surface area (Å²) in [6.45, 7) is 0.0433. The lowest BCUT2D eigenvalue weighted by Crippen LogP contribution is -2.33. The number of nitrogens with one attached hydrogen (secondary N) is 1. The number of halogens is 3. The van der Waals surface area contributed by atoms with Crippen LogP contribution in [0.2, 0.25) is 0 Å². The number of hydrogen-bond acceptors (Lipinski definition) is 6. The molecule has 11 heteroatoms. The van der Waals surface area contributed by atoms with Crippen molar-refractivity contribution >= 4 is 28.9 Å². The standard InChI is InChI=1S/C29H18F3N3O4S/c30-29(31,32)19-7-4-6-18(14-19)24-12-11-21(39-24)15-25-27(37)35(20-8-2-1-3-9-20)28(40-25)23(16-33)26(36)34-17-22-10-5-13-38-22/h1-15H,17H2,(H,34,36)/b25-15-,28-23-. The van der Waals surface area contributed by atoms with Gasteiger partial charge in [0.1, 0.15) is 28.0 Å². The molecule has 0 saturated heterocycles. The average Bonchev–Trinajstić information content (AvgIpc) is 3.70. The van der Waals surface area contributed by atoms with Crippen LogP contribution in [0.15, 0.2) is 98.8 Å². The van der Waals surface area contributed by atoms with E-state index in [2.05, 4.69) is 5.32 Å². The van der Waals surface area contributed by atoms with E-state index in [1.165, 1.54) is 41.2 Å². The maximum absolute atomic E-state index is 13.5. The fourth-order valence-corrected chi connectivity index (χ4v) is 4.97. The Kier molecular flexibility index (Phi) is 7.27. The van der Waals surface area contributed by atoms with Gasteiger partial charge in [0.05, 0.1) is 28.6 Å². The molecular formula is C29H18F3N3O4S. The van der Waals surface area contributed by atoms with Gasteiger partial charge in [0.15, 0.2) is 5.57 Å². The van der Waals surface area contributed by atoms with E-state index < -0.39 is 23.2 Å². The lowest BCUT2D eigenvalue weighted by Gasteiger charge is -2.07. The van der Waals surface area contributed by atoms with Crippen molar-refractivity contribution in [1.82, 2.24) is 9.88 Å². The smallest absolute Gasteiger partial charge is 0.416 e. The molecule has 5 aromatic rings. The van der Waals surface area contributed by atoms with Gasteiger partial charge in [0.2, 0.25) is 0 Å². The van der Waals surface area contributed by atoms with Crippen LogP contribution in [-0.4, -0.2) is 10.5 Å². The van der Waals surface area contributed by atoms with Crippen LogP contribution in [0.5, 0.6) is 0 Å². The van der Waals surface area contributed by atoms with Gasteiger partial charge in [-0.3, -0.25) is 14.2 Å². The lowest BCUT2D eigenvalue weighted by molar-refractivity contribution is -0.137. The monoisotopic (exact) mass is 561 g/mol. The second-order valence-corrected chi connectivity index (χ2v) is 9.45. The van der Waals surface area contributed by atoms with Crippen LogP contribution in [0, 0.1) is 11.3 Å². The van der Waals surface area contributed by atoms with E-state index >= 15 is 0 Å². The summed E-state index contributed by atoms with van der Waals surface area (Å²) in [4.78, 5) is 26.5. The molecule has 0 unspecified atom stereocenters. The summed E-state index contributed by atoms with van der Waals surface area (Å²) in [5.74, 6) is 0.180. The molecule has 0 aliphatic rings. The number of rotatable bonds is 6. The molecule has 5 rings (SSSR count). The first-order valence-corrected chi connectivity index (χ1v) is 12.6. The SMILES string of the molecule is N#C/C(C(=O)NCc1ccco1)=c1/s/c(=C\c2ccc(-c3cccc(C(F)(F)F)c3)o2)c(=O)n1-c1ccccc1. The molecule has 3 aromatic heterocycles. The van der Waals surface area contributed by atoms with Crippen molar-refractivity contribution in [2.45, 2.75) is 12.7 Å². The first-order valence-electron chi connectivity index (χ1n) is 11.8. The molecule has 7 nitrogen and oxygen atoms in total. The highest BCUT2D eigenvalue weighted by atomic mass is 32.1. The number of furan rings is 2. The van der Waals surface area contributed by atoms with E-state index in [4.69, 9.17) is 8.83 Å². The van der Waals surface area contributed by atoms with E-state index in [0.29, 0.717) is 11.4 Å². The van der Waals surface area contributed by atoms with E-state index in [1.54, 1.807) is 42.5 Å². The highest BCUT2D eigenvalue weighted by molar-refractivity contribution is 7.07. The van der Waals surface area contributed by atoms with Crippen LogP contribution in [0.25, 0.3) is 28.7 Å². The van der Waals surface area contributed by atoms with Crippen LogP contribution in [0.3, 0.4) is 0 Å². The zero-order chi connectivity index (χ0) is 28.3. The van der Waals surface area contributed by atoms with Gasteiger partial charge in [0, 0.05) is 11.6 Å². The van der Waals surface area contributed by atoms with Gasteiger partial charge in [-0.2, -0.15) is 18.4 Å². The maximum atomic E-state index is 13.5. The summed E-state index contributed by atoms with van der Waals surface area (Å²) >= 11 is 0.913. The zero-order valence-electron chi connectivity index (χ0n) is 20.4. The van der Waals surface area contributed by atoms with Crippen molar-refractivity contribution in [3.8, 4) is 23.1 Å². The molecule has 0 aliphatic carbocycles. The summed E-state index contributed by atoms with van der Waals surface area (Å²) in [5.41, 5.74) is -0.938. The molecule has 40 heavy (non-hydrogen) atoms. The van der Waals surface area contributed by atoms with Crippen LogP contribution in [0.4, 0.5) is 13.2 Å². The van der Waals surface area contributed by atoms with E-state index in [-0.39, 0.29) is 38.4 Å². The zero-order valence-corrected chi connectivity index (χ0v) is 21.3. The molecule has 0 spiro atoms. The Labute approximate surface area is 228 Å². The third-order valence-electron chi connectivity index (χ3n) is 5.77. The van der Waals surface area contributed by atoms with Gasteiger partial charge in [-0.05, 0) is 48.5 Å². The molecule has 0 fully saturated rings. The van der Waals surface area contributed by atoms with Gasteiger partial charge in [-0.1, -0.05) is 30.3 Å². The number of thiazole rings is 1. The quantitative estimate of drug-likeness (QED) is 0.327. The molecule has 2 aromatic carbocycles. The lowest BCUT2D eigenvalue weighted by atomic mass is 10.1. The number of hydrogen-bond donors (Lipinski definition) is 1. The number of nitrogens with zero attached hydrogens (tertiary/aromatic N) is 2. The molecular weight excluding hydrogens is 543 g/mol. The minimum absolute atomic E-state index is 0.0433. The first kappa shape index (κ1) is 26.5. The van der Waals surface area contributed by atoms with Gasteiger partial charge < -0.3 is 14.2 Å². The largest absolute Gasteiger partial charge is 0.467 e. The van der Waals surface area contributed by atoms with Crippen molar-refractivity contribution in [3.05, 3.63) is 122 Å². The summed E-state index contributed by atoms with van der Waals surface area (Å²) in [5, 5.41) is 12.5. The molecule has 1 N–H and O–H groups in total. The fraction of sp³-hybridized carbons (Fsp3) is 0.0690. The van der Waals surface area contributed by atoms with Gasteiger partial charge in [0.25, 0.3) is 11.5 Å². The molecule has 0 radical (unpaired) electrons. The minimum atomic E-state index is -4.51. The van der Waals surface area contributed by atoms with Crippen LogP contribution >= 0.6 is 11.3 Å². The second kappa shape index (κ2) is 11.0. The highest BCUT2D eigenvalue weighted by Crippen LogP contribution is 2.32. The summed E-state index contributed by atoms with van der Waals surface area (Å²) in [6, 6.07) is 21.5. The minimum Gasteiger partial charge on any atom is -0.467 e. The van der Waals surface area contributed by atoms with Crippen molar-refractivity contribution in [3.63, 3.8) is 0 Å². The molecule has 0 aliphatic heterocycles. The third-order valence-corrected chi connectivity index (χ3v) is 6.86. The van der Waals surface area contributed by atoms with Crippen molar-refractivity contribution in [1.29, 1.82) is 5.26 Å². The molecule has 0 saturated carbocycles. The predicted octanol–water partition coefficient (Wildman–Crippen LogP) is 4.59. The second-order valence-electron chi connectivity index (χ2n) is 8.42. The Morgan fingerprint density at radius 3 is 2.55 bits per heavy atom. The van der Waals surface area contributed by atoms with Gasteiger partial charge >= 0.3 is 6.18 Å². The van der Waals surface area contributed by atoms with Crippen LogP contribution < -0.4 is 20.1 Å². The molecule has 1 amide bonds. The topological polar surface area (TPSA) is 101 Å². The number of para-hydroxylation sites is 1. The van der Waals surface area contributed by atoms with Crippen molar-refractivity contribution in [2.24, 2.45) is 0 Å². The van der Waals surface area contributed by atoms with E-state index in [0.717, 1.165) is 23.5 Å². The number of aromatic nitrogens is 1. The Morgan fingerprint density at radius 1 is 1.05 bits per heavy atom. The number of carbonyl (C=O) groups is 1. The molecule has 0 atom stereocenters. The molecule has 0 bridgehead atoms. The number of alkyl halides is 3. The number of benzene rings is 2. The first-order chi connectivity index (χ1) is 19.2. The Hall–Kier alpha value is -5.08. The van der Waals surface area contributed by atoms with Crippen LogP contribution in [0.1, 0.15) is 17.1 Å². The van der Waals surface area contributed by atoms with Crippen LogP contribution in [-0.2, 0) is 17.5 Å². The summed E-state index contributed by atoms with van der Waals surface area (Å²) in [6.07, 6.45) is -1.63. The predicted molar refractivity (Wildman–Crippen MR) is 141 cm³/mol. The normalized spacial score (nSPS) is 12.7. The Morgan fingerprint density at radius 2 is 1.85 bits per heavy atom. The molecule has 3 heterocycles. The number of nitriles is 1. The van der Waals surface area contributed by atoms with Crippen molar-refractivity contribution in [2.75, 3.05) is 0 Å². The van der Waals surface area contributed by atoms with E-state index in [9.17, 15) is 28.0 Å². The third kappa shape index (κ3) is 5.52. The van der Waals surface area contributed by atoms with Gasteiger partial charge in [-0.15, -0.1) is 11.3 Å². The summed E-state index contributed by atoms with van der Waals surface area (Å²) in [7, 11) is 0. The summed E-state index contributed by atoms with van der Waals surface area (Å²) < 4.78 is 51.9. The Bertz CT molecular complexity index is 1890. The Balaban J connectivity index is 1.60. The fourth-order valence-electron chi connectivity index (χ4n) is 3.89.